The second kappa shape index (κ2) is 5.49. The average molecular weight is 285 g/mol. The van der Waals surface area contributed by atoms with Gasteiger partial charge in [-0.1, -0.05) is 54.6 Å². The van der Waals surface area contributed by atoms with Gasteiger partial charge in [0.05, 0.1) is 11.0 Å². The first-order valence-corrected chi connectivity index (χ1v) is 7.36. The third-order valence-electron chi connectivity index (χ3n) is 3.76. The fraction of sp³-hybridized carbons (Fsp3) is 0.0500. The Labute approximate surface area is 129 Å². The topological polar surface area (TPSA) is 22.1 Å². The minimum atomic E-state index is 0.554. The monoisotopic (exact) mass is 285 g/mol. The van der Waals surface area contributed by atoms with Crippen LogP contribution in [0.2, 0.25) is 0 Å². The lowest BCUT2D eigenvalue weighted by molar-refractivity contribution is 0.313. The summed E-state index contributed by atoms with van der Waals surface area (Å²) in [6.07, 6.45) is 0. The van der Waals surface area contributed by atoms with Gasteiger partial charge in [-0.3, -0.25) is 0 Å². The van der Waals surface area contributed by atoms with E-state index < -0.39 is 0 Å². The first-order chi connectivity index (χ1) is 10.9. The van der Waals surface area contributed by atoms with Gasteiger partial charge in [0.25, 0.3) is 0 Å². The predicted molar refractivity (Wildman–Crippen MR) is 90.0 cm³/mol. The molecule has 0 spiro atoms. The van der Waals surface area contributed by atoms with Crippen molar-refractivity contribution in [2.24, 2.45) is 0 Å². The van der Waals surface area contributed by atoms with E-state index in [4.69, 9.17) is 9.72 Å². The molecule has 0 N–H and O–H groups in total. The van der Waals surface area contributed by atoms with Gasteiger partial charge in [0.1, 0.15) is 12.4 Å². The number of para-hydroxylation sites is 2. The predicted octanol–water partition coefficient (Wildman–Crippen LogP) is 4.97. The third-order valence-corrected chi connectivity index (χ3v) is 3.76. The molecule has 0 aliphatic heterocycles. The molecule has 1 aromatic heterocycles. The lowest BCUT2D eigenvalue weighted by Crippen LogP contribution is -1.97. The van der Waals surface area contributed by atoms with E-state index in [1.807, 2.05) is 54.6 Å². The van der Waals surface area contributed by atoms with E-state index in [-0.39, 0.29) is 0 Å². The van der Waals surface area contributed by atoms with Crippen LogP contribution in [0.25, 0.3) is 21.8 Å². The molecular formula is C20H15NO. The van der Waals surface area contributed by atoms with Crippen molar-refractivity contribution in [2.75, 3.05) is 0 Å². The van der Waals surface area contributed by atoms with Crippen LogP contribution >= 0.6 is 0 Å². The fourth-order valence-electron chi connectivity index (χ4n) is 2.69. The highest BCUT2D eigenvalue weighted by molar-refractivity contribution is 6.00. The minimum absolute atomic E-state index is 0.554. The van der Waals surface area contributed by atoms with Crippen molar-refractivity contribution in [1.82, 2.24) is 4.98 Å². The highest BCUT2D eigenvalue weighted by atomic mass is 16.5. The Bertz CT molecular complexity index is 878. The molecular weight excluding hydrogens is 270 g/mol. The molecule has 0 saturated heterocycles. The van der Waals surface area contributed by atoms with Gasteiger partial charge in [-0.2, -0.15) is 0 Å². The van der Waals surface area contributed by atoms with Gasteiger partial charge < -0.3 is 4.74 Å². The van der Waals surface area contributed by atoms with Crippen LogP contribution in [0, 0.1) is 0 Å². The maximum atomic E-state index is 6.18. The van der Waals surface area contributed by atoms with E-state index in [0.717, 1.165) is 33.1 Å². The van der Waals surface area contributed by atoms with E-state index in [9.17, 15) is 0 Å². The normalized spacial score (nSPS) is 10.9. The summed E-state index contributed by atoms with van der Waals surface area (Å²) in [6.45, 7) is 0.554. The molecule has 0 aliphatic carbocycles. The highest BCUT2D eigenvalue weighted by Crippen LogP contribution is 2.33. The number of hydrogen-bond donors (Lipinski definition) is 0. The number of rotatable bonds is 3. The quantitative estimate of drug-likeness (QED) is 0.496. The molecule has 0 amide bonds. The summed E-state index contributed by atoms with van der Waals surface area (Å²) in [5, 5.41) is 2.11. The number of fused-ring (bicyclic) bond motifs is 2. The molecule has 2 heteroatoms. The number of aromatic nitrogens is 1. The Morgan fingerprint density at radius 2 is 1.18 bits per heavy atom. The zero-order valence-electron chi connectivity index (χ0n) is 12.1. The van der Waals surface area contributed by atoms with Crippen LogP contribution in [0.4, 0.5) is 0 Å². The van der Waals surface area contributed by atoms with Crippen molar-refractivity contribution in [3.8, 4) is 5.75 Å². The number of ether oxygens (including phenoxy) is 1. The van der Waals surface area contributed by atoms with Gasteiger partial charge in [-0.15, -0.1) is 0 Å². The van der Waals surface area contributed by atoms with Crippen molar-refractivity contribution < 1.29 is 4.74 Å². The zero-order valence-corrected chi connectivity index (χ0v) is 12.1. The molecule has 2 nitrogen and oxygen atoms in total. The first-order valence-electron chi connectivity index (χ1n) is 7.36. The van der Waals surface area contributed by atoms with Crippen LogP contribution < -0.4 is 4.74 Å². The van der Waals surface area contributed by atoms with E-state index in [1.165, 1.54) is 0 Å². The minimum Gasteiger partial charge on any atom is -0.487 e. The van der Waals surface area contributed by atoms with Crippen molar-refractivity contribution in [2.45, 2.75) is 6.61 Å². The van der Waals surface area contributed by atoms with Crippen LogP contribution in [-0.2, 0) is 6.61 Å². The second-order valence-electron chi connectivity index (χ2n) is 5.25. The lowest BCUT2D eigenvalue weighted by Gasteiger charge is -2.12. The summed E-state index contributed by atoms with van der Waals surface area (Å²) >= 11 is 0. The summed E-state index contributed by atoms with van der Waals surface area (Å²) in [5.41, 5.74) is 3.08. The Balaban J connectivity index is 1.85. The van der Waals surface area contributed by atoms with Gasteiger partial charge in [-0.25, -0.2) is 4.98 Å². The summed E-state index contributed by atoms with van der Waals surface area (Å²) < 4.78 is 6.18. The van der Waals surface area contributed by atoms with Crippen LogP contribution in [-0.4, -0.2) is 4.98 Å². The summed E-state index contributed by atoms with van der Waals surface area (Å²) in [4.78, 5) is 4.71. The Hall–Kier alpha value is -2.87. The largest absolute Gasteiger partial charge is 0.487 e. The standard InChI is InChI=1S/C20H15NO/c1-2-8-15(9-3-1)14-22-20-16-10-4-6-12-18(16)21-19-13-7-5-11-17(19)20/h1-13H,14H2. The first kappa shape index (κ1) is 12.8. The molecule has 0 fully saturated rings. The Kier molecular flexibility index (Phi) is 3.20. The SMILES string of the molecule is c1ccc(COc2c3ccccc3nc3ccccc23)cc1. The summed E-state index contributed by atoms with van der Waals surface area (Å²) in [7, 11) is 0. The van der Waals surface area contributed by atoms with E-state index >= 15 is 0 Å². The highest BCUT2D eigenvalue weighted by Gasteiger charge is 2.09. The van der Waals surface area contributed by atoms with Crippen molar-refractivity contribution in [3.05, 3.63) is 84.4 Å². The molecule has 0 radical (unpaired) electrons. The maximum absolute atomic E-state index is 6.18. The van der Waals surface area contributed by atoms with Crippen molar-refractivity contribution in [1.29, 1.82) is 0 Å². The number of pyridine rings is 1. The molecule has 3 aromatic carbocycles. The van der Waals surface area contributed by atoms with Crippen LogP contribution in [0.5, 0.6) is 5.75 Å². The molecule has 0 aliphatic rings. The van der Waals surface area contributed by atoms with Crippen LogP contribution in [0.1, 0.15) is 5.56 Å². The second-order valence-corrected chi connectivity index (χ2v) is 5.25. The molecule has 0 atom stereocenters. The number of benzene rings is 3. The molecule has 0 bridgehead atoms. The lowest BCUT2D eigenvalue weighted by atomic mass is 10.1. The number of hydrogen-bond acceptors (Lipinski definition) is 2. The fourth-order valence-corrected chi connectivity index (χ4v) is 2.69. The zero-order chi connectivity index (χ0) is 14.8. The van der Waals surface area contributed by atoms with E-state index in [1.54, 1.807) is 0 Å². The third kappa shape index (κ3) is 2.29. The van der Waals surface area contributed by atoms with E-state index in [2.05, 4.69) is 24.3 Å². The molecule has 4 aromatic rings. The maximum Gasteiger partial charge on any atom is 0.138 e. The molecule has 0 unspecified atom stereocenters. The average Bonchev–Trinajstić information content (AvgIpc) is 2.59. The van der Waals surface area contributed by atoms with Crippen LogP contribution in [0.3, 0.4) is 0 Å². The number of nitrogens with zero attached hydrogens (tertiary/aromatic N) is 1. The van der Waals surface area contributed by atoms with Crippen molar-refractivity contribution >= 4 is 21.8 Å². The van der Waals surface area contributed by atoms with Gasteiger partial charge in [-0.05, 0) is 29.8 Å². The van der Waals surface area contributed by atoms with Gasteiger partial charge in [0.2, 0.25) is 0 Å². The van der Waals surface area contributed by atoms with Gasteiger partial charge in [0, 0.05) is 10.8 Å². The van der Waals surface area contributed by atoms with E-state index in [0.29, 0.717) is 6.61 Å². The molecule has 4 rings (SSSR count). The van der Waals surface area contributed by atoms with Gasteiger partial charge in [0.15, 0.2) is 0 Å². The molecule has 0 saturated carbocycles. The van der Waals surface area contributed by atoms with Crippen molar-refractivity contribution in [3.63, 3.8) is 0 Å². The summed E-state index contributed by atoms with van der Waals surface area (Å²) in [5.74, 6) is 0.907. The van der Waals surface area contributed by atoms with Gasteiger partial charge >= 0.3 is 0 Å². The summed E-state index contributed by atoms with van der Waals surface area (Å²) in [6, 6.07) is 26.5. The molecule has 1 heterocycles. The Morgan fingerprint density at radius 3 is 1.82 bits per heavy atom. The Morgan fingerprint density at radius 1 is 0.636 bits per heavy atom. The molecule has 106 valence electrons. The smallest absolute Gasteiger partial charge is 0.138 e. The molecule has 22 heavy (non-hydrogen) atoms. The van der Waals surface area contributed by atoms with Crippen LogP contribution in [0.15, 0.2) is 78.9 Å².